The molecule has 100 valence electrons. The summed E-state index contributed by atoms with van der Waals surface area (Å²) in [6.07, 6.45) is -7.10. The van der Waals surface area contributed by atoms with Crippen molar-refractivity contribution in [2.75, 3.05) is 6.61 Å². The second-order valence-corrected chi connectivity index (χ2v) is 4.11. The molecule has 8 heteroatoms. The number of benzene rings is 1. The molecule has 3 nitrogen and oxygen atoms in total. The summed E-state index contributed by atoms with van der Waals surface area (Å²) in [6.45, 7) is -1.07. The minimum atomic E-state index is -4.74. The number of carboxylic acid groups (broad SMARTS) is 1. The van der Waals surface area contributed by atoms with E-state index < -0.39 is 24.9 Å². The number of hydrogen-bond acceptors (Lipinski definition) is 2. The van der Waals surface area contributed by atoms with Gasteiger partial charge >= 0.3 is 12.1 Å². The molecule has 0 aliphatic heterocycles. The Morgan fingerprint density at radius 3 is 2.39 bits per heavy atom. The average molecular weight is 303 g/mol. The molecule has 1 N–H and O–H groups in total. The van der Waals surface area contributed by atoms with E-state index in [2.05, 4.69) is 4.74 Å². The fourth-order valence-electron chi connectivity index (χ4n) is 1.21. The first-order valence-corrected chi connectivity index (χ1v) is 5.32. The van der Waals surface area contributed by atoms with Crippen LogP contribution in [0.3, 0.4) is 0 Å². The van der Waals surface area contributed by atoms with Gasteiger partial charge in [-0.05, 0) is 17.7 Å². The molecule has 0 aromatic heterocycles. The second kappa shape index (κ2) is 5.77. The molecule has 1 rings (SSSR count). The van der Waals surface area contributed by atoms with Crippen molar-refractivity contribution in [2.24, 2.45) is 0 Å². The maximum Gasteiger partial charge on any atom is 0.418 e. The van der Waals surface area contributed by atoms with Crippen molar-refractivity contribution in [3.05, 3.63) is 33.8 Å². The van der Waals surface area contributed by atoms with Gasteiger partial charge in [0.2, 0.25) is 0 Å². The minimum absolute atomic E-state index is 0.0673. The highest BCUT2D eigenvalue weighted by molar-refractivity contribution is 6.42. The lowest BCUT2D eigenvalue weighted by molar-refractivity contribution is -0.225. The van der Waals surface area contributed by atoms with Crippen molar-refractivity contribution in [3.8, 4) is 0 Å². The predicted octanol–water partition coefficient (Wildman–Crippen LogP) is 3.70. The summed E-state index contributed by atoms with van der Waals surface area (Å²) in [4.78, 5) is 10.2. The molecule has 0 aliphatic rings. The Morgan fingerprint density at radius 2 is 1.94 bits per heavy atom. The van der Waals surface area contributed by atoms with Crippen LogP contribution in [0.5, 0.6) is 0 Å². The molecule has 18 heavy (non-hydrogen) atoms. The zero-order valence-corrected chi connectivity index (χ0v) is 10.2. The van der Waals surface area contributed by atoms with E-state index in [-0.39, 0.29) is 15.6 Å². The topological polar surface area (TPSA) is 46.5 Å². The van der Waals surface area contributed by atoms with Gasteiger partial charge in [-0.3, -0.25) is 0 Å². The molecule has 0 amide bonds. The van der Waals surface area contributed by atoms with Crippen LogP contribution in [0.1, 0.15) is 11.7 Å². The Bertz CT molecular complexity index is 448. The molecule has 0 saturated heterocycles. The van der Waals surface area contributed by atoms with E-state index >= 15 is 0 Å². The fraction of sp³-hybridized carbons (Fsp3) is 0.300. The molecule has 1 atom stereocenters. The Morgan fingerprint density at radius 1 is 1.33 bits per heavy atom. The second-order valence-electron chi connectivity index (χ2n) is 3.30. The van der Waals surface area contributed by atoms with Gasteiger partial charge in [0.05, 0.1) is 10.0 Å². The molecule has 1 aromatic rings. The normalized spacial score (nSPS) is 13.4. The van der Waals surface area contributed by atoms with E-state index in [1.165, 1.54) is 6.07 Å². The van der Waals surface area contributed by atoms with Crippen LogP contribution in [0, 0.1) is 0 Å². The number of carboxylic acids is 1. The lowest BCUT2D eigenvalue weighted by atomic mass is 10.1. The number of ether oxygens (including phenoxy) is 1. The van der Waals surface area contributed by atoms with Gasteiger partial charge in [0.25, 0.3) is 0 Å². The highest BCUT2D eigenvalue weighted by atomic mass is 35.5. The molecule has 0 radical (unpaired) electrons. The third-order valence-electron chi connectivity index (χ3n) is 1.92. The van der Waals surface area contributed by atoms with Gasteiger partial charge < -0.3 is 9.84 Å². The summed E-state index contributed by atoms with van der Waals surface area (Å²) >= 11 is 11.2. The van der Waals surface area contributed by atoms with Crippen LogP contribution in [0.4, 0.5) is 13.2 Å². The van der Waals surface area contributed by atoms with Gasteiger partial charge in [-0.25, -0.2) is 4.79 Å². The molecule has 0 bridgehead atoms. The van der Waals surface area contributed by atoms with Crippen molar-refractivity contribution in [2.45, 2.75) is 12.3 Å². The Hall–Kier alpha value is -0.980. The smallest absolute Gasteiger partial charge is 0.418 e. The average Bonchev–Trinajstić information content (AvgIpc) is 2.21. The lowest BCUT2D eigenvalue weighted by Gasteiger charge is -2.20. The van der Waals surface area contributed by atoms with Crippen LogP contribution >= 0.6 is 23.2 Å². The fourth-order valence-corrected chi connectivity index (χ4v) is 1.52. The Labute approximate surface area is 110 Å². The van der Waals surface area contributed by atoms with E-state index in [1.807, 2.05) is 0 Å². The zero-order valence-electron chi connectivity index (χ0n) is 8.67. The number of aliphatic carboxylic acids is 1. The van der Waals surface area contributed by atoms with E-state index in [9.17, 15) is 18.0 Å². The largest absolute Gasteiger partial charge is 0.480 e. The number of carbonyl (C=O) groups is 1. The monoisotopic (exact) mass is 302 g/mol. The minimum Gasteiger partial charge on any atom is -0.480 e. The van der Waals surface area contributed by atoms with Crippen molar-refractivity contribution in [1.29, 1.82) is 0 Å². The third-order valence-corrected chi connectivity index (χ3v) is 2.66. The SMILES string of the molecule is O=C(O)COC(c1ccc(Cl)c(Cl)c1)C(F)(F)F. The van der Waals surface area contributed by atoms with Gasteiger partial charge in [0, 0.05) is 0 Å². The van der Waals surface area contributed by atoms with Crippen LogP contribution in [0.25, 0.3) is 0 Å². The lowest BCUT2D eigenvalue weighted by Crippen LogP contribution is -2.26. The van der Waals surface area contributed by atoms with Crippen LogP contribution < -0.4 is 0 Å². The predicted molar refractivity (Wildman–Crippen MR) is 58.8 cm³/mol. The van der Waals surface area contributed by atoms with Crippen LogP contribution in [-0.4, -0.2) is 23.9 Å². The van der Waals surface area contributed by atoms with Crippen LogP contribution in [0.15, 0.2) is 18.2 Å². The summed E-state index contributed by atoms with van der Waals surface area (Å²) < 4.78 is 42.4. The number of alkyl halides is 3. The summed E-state index contributed by atoms with van der Waals surface area (Å²) in [5.41, 5.74) is -0.307. The Kier molecular flexibility index (Phi) is 4.84. The maximum absolute atomic E-state index is 12.7. The number of rotatable bonds is 4. The van der Waals surface area contributed by atoms with Gasteiger partial charge in [-0.15, -0.1) is 0 Å². The summed E-state index contributed by atoms with van der Waals surface area (Å²) in [7, 11) is 0. The molecule has 0 saturated carbocycles. The van der Waals surface area contributed by atoms with Gasteiger partial charge in [-0.1, -0.05) is 29.3 Å². The van der Waals surface area contributed by atoms with E-state index in [4.69, 9.17) is 28.3 Å². The standard InChI is InChI=1S/C10H7Cl2F3O3/c11-6-2-1-5(3-7(6)12)9(10(13,14)15)18-4-8(16)17/h1-3,9H,4H2,(H,16,17). The van der Waals surface area contributed by atoms with E-state index in [0.29, 0.717) is 0 Å². The molecular weight excluding hydrogens is 296 g/mol. The van der Waals surface area contributed by atoms with Crippen molar-refractivity contribution >= 4 is 29.2 Å². The number of hydrogen-bond donors (Lipinski definition) is 1. The van der Waals surface area contributed by atoms with E-state index in [0.717, 1.165) is 12.1 Å². The van der Waals surface area contributed by atoms with Crippen molar-refractivity contribution < 1.29 is 27.8 Å². The van der Waals surface area contributed by atoms with Crippen molar-refractivity contribution in [1.82, 2.24) is 0 Å². The van der Waals surface area contributed by atoms with Crippen molar-refractivity contribution in [3.63, 3.8) is 0 Å². The molecule has 0 aliphatic carbocycles. The first-order valence-electron chi connectivity index (χ1n) is 4.57. The van der Waals surface area contributed by atoms with Gasteiger partial charge in [0.15, 0.2) is 6.10 Å². The van der Waals surface area contributed by atoms with E-state index in [1.54, 1.807) is 0 Å². The first kappa shape index (κ1) is 15.1. The molecule has 1 aromatic carbocycles. The van der Waals surface area contributed by atoms with Gasteiger partial charge in [-0.2, -0.15) is 13.2 Å². The highest BCUT2D eigenvalue weighted by Gasteiger charge is 2.42. The quantitative estimate of drug-likeness (QED) is 0.922. The summed E-state index contributed by atoms with van der Waals surface area (Å²) in [5, 5.41) is 8.36. The highest BCUT2D eigenvalue weighted by Crippen LogP contribution is 2.37. The molecule has 1 unspecified atom stereocenters. The molecule has 0 fully saturated rings. The van der Waals surface area contributed by atoms with Gasteiger partial charge in [0.1, 0.15) is 6.61 Å². The summed E-state index contributed by atoms with van der Waals surface area (Å²) in [6, 6.07) is 3.25. The molecule has 0 heterocycles. The third kappa shape index (κ3) is 4.04. The Balaban J connectivity index is 3.02. The molecule has 0 spiro atoms. The molecular formula is C10H7Cl2F3O3. The van der Waals surface area contributed by atoms with Crippen LogP contribution in [0.2, 0.25) is 10.0 Å². The first-order chi connectivity index (χ1) is 8.21. The zero-order chi connectivity index (χ0) is 13.9. The van der Waals surface area contributed by atoms with Crippen LogP contribution in [-0.2, 0) is 9.53 Å². The maximum atomic E-state index is 12.7. The summed E-state index contributed by atoms with van der Waals surface area (Å²) in [5.74, 6) is -1.50. The number of halogens is 5.